The number of fused-ring (bicyclic) bond motifs is 11. The molecule has 242 valence electrons. The summed E-state index contributed by atoms with van der Waals surface area (Å²) < 4.78 is 9.12. The number of benzene rings is 8. The van der Waals surface area contributed by atoms with E-state index in [4.69, 9.17) is 14.4 Å². The Morgan fingerprint density at radius 1 is 0.385 bits per heavy atom. The molecule has 11 aromatic rings. The number of nitrogens with zero attached hydrogens (tertiary/aromatic N) is 3. The number of para-hydroxylation sites is 4. The third-order valence-electron chi connectivity index (χ3n) is 10.4. The third kappa shape index (κ3) is 4.28. The van der Waals surface area contributed by atoms with E-state index in [2.05, 4.69) is 144 Å². The van der Waals surface area contributed by atoms with Crippen molar-refractivity contribution in [1.82, 2.24) is 14.5 Å². The minimum Gasteiger partial charge on any atom is -0.454 e. The fourth-order valence-corrected chi connectivity index (χ4v) is 8.02. The van der Waals surface area contributed by atoms with E-state index in [0.717, 1.165) is 72.2 Å². The molecule has 0 N–H and O–H groups in total. The third-order valence-corrected chi connectivity index (χ3v) is 10.4. The Bertz CT molecular complexity index is 3160. The highest BCUT2D eigenvalue weighted by molar-refractivity contribution is 6.35. The van der Waals surface area contributed by atoms with Gasteiger partial charge < -0.3 is 8.98 Å². The zero-order valence-electron chi connectivity index (χ0n) is 28.0. The normalized spacial score (nSPS) is 11.8. The largest absolute Gasteiger partial charge is 0.454 e. The molecule has 0 fully saturated rings. The Balaban J connectivity index is 1.13. The molecule has 8 aromatic carbocycles. The molecule has 52 heavy (non-hydrogen) atoms. The summed E-state index contributed by atoms with van der Waals surface area (Å²) in [5.74, 6) is 0. The summed E-state index contributed by atoms with van der Waals surface area (Å²) in [6.45, 7) is 0. The summed E-state index contributed by atoms with van der Waals surface area (Å²) in [5, 5.41) is 7.09. The Kier molecular flexibility index (Phi) is 6.22. The first-order valence-corrected chi connectivity index (χ1v) is 17.6. The molecule has 0 saturated carbocycles. The molecule has 0 saturated heterocycles. The SMILES string of the molecule is c1ccc(-c2ccc(-c3nc4ccccc4nc3-c3ccc(-n4c5ccccc5c5c6ccccc6c6c7ccccc7oc6c54)cc3)cc2)cc1. The van der Waals surface area contributed by atoms with Crippen LogP contribution >= 0.6 is 0 Å². The summed E-state index contributed by atoms with van der Waals surface area (Å²) in [4.78, 5) is 10.4. The van der Waals surface area contributed by atoms with Crippen LogP contribution in [0.3, 0.4) is 0 Å². The summed E-state index contributed by atoms with van der Waals surface area (Å²) in [6.07, 6.45) is 0. The summed E-state index contributed by atoms with van der Waals surface area (Å²) >= 11 is 0. The smallest absolute Gasteiger partial charge is 0.160 e. The molecular weight excluding hydrogens is 635 g/mol. The Morgan fingerprint density at radius 2 is 0.885 bits per heavy atom. The van der Waals surface area contributed by atoms with Gasteiger partial charge in [-0.3, -0.25) is 0 Å². The van der Waals surface area contributed by atoms with Crippen LogP contribution in [-0.2, 0) is 0 Å². The second kappa shape index (κ2) is 11.2. The van der Waals surface area contributed by atoms with E-state index < -0.39 is 0 Å². The van der Waals surface area contributed by atoms with Gasteiger partial charge in [0.2, 0.25) is 0 Å². The molecule has 0 bridgehead atoms. The topological polar surface area (TPSA) is 43.9 Å². The van der Waals surface area contributed by atoms with Gasteiger partial charge in [-0.2, -0.15) is 0 Å². The van der Waals surface area contributed by atoms with Crippen molar-refractivity contribution in [2.75, 3.05) is 0 Å². The monoisotopic (exact) mass is 663 g/mol. The molecule has 0 aliphatic rings. The van der Waals surface area contributed by atoms with Gasteiger partial charge in [-0.1, -0.05) is 140 Å². The summed E-state index contributed by atoms with van der Waals surface area (Å²) in [5.41, 5.74) is 12.9. The van der Waals surface area contributed by atoms with Gasteiger partial charge in [0.25, 0.3) is 0 Å². The van der Waals surface area contributed by atoms with Crippen LogP contribution in [0.5, 0.6) is 0 Å². The average molecular weight is 664 g/mol. The Morgan fingerprint density at radius 3 is 1.58 bits per heavy atom. The molecule has 4 nitrogen and oxygen atoms in total. The molecule has 0 atom stereocenters. The summed E-state index contributed by atoms with van der Waals surface area (Å²) in [7, 11) is 0. The highest BCUT2D eigenvalue weighted by Gasteiger charge is 2.23. The van der Waals surface area contributed by atoms with Gasteiger partial charge in [0, 0.05) is 38.4 Å². The number of aromatic nitrogens is 3. The van der Waals surface area contributed by atoms with Crippen molar-refractivity contribution >= 4 is 65.6 Å². The Hall–Kier alpha value is -7.04. The second-order valence-electron chi connectivity index (χ2n) is 13.3. The lowest BCUT2D eigenvalue weighted by Crippen LogP contribution is -1.97. The van der Waals surface area contributed by atoms with Crippen LogP contribution in [0.1, 0.15) is 0 Å². The molecule has 0 aliphatic carbocycles. The van der Waals surface area contributed by atoms with Crippen LogP contribution in [0, 0.1) is 0 Å². The maximum absolute atomic E-state index is 6.76. The van der Waals surface area contributed by atoms with Gasteiger partial charge in [-0.25, -0.2) is 9.97 Å². The molecule has 0 aliphatic heterocycles. The van der Waals surface area contributed by atoms with Gasteiger partial charge in [-0.05, 0) is 58.3 Å². The maximum Gasteiger partial charge on any atom is 0.160 e. The minimum atomic E-state index is 0.852. The molecular formula is C48H29N3O. The maximum atomic E-state index is 6.76. The van der Waals surface area contributed by atoms with Crippen molar-refractivity contribution in [3.05, 3.63) is 176 Å². The van der Waals surface area contributed by atoms with Crippen molar-refractivity contribution in [3.8, 4) is 39.3 Å². The van der Waals surface area contributed by atoms with Crippen molar-refractivity contribution in [2.45, 2.75) is 0 Å². The van der Waals surface area contributed by atoms with E-state index in [-0.39, 0.29) is 0 Å². The Labute approximate surface area is 298 Å². The zero-order valence-corrected chi connectivity index (χ0v) is 28.0. The van der Waals surface area contributed by atoms with E-state index >= 15 is 0 Å². The summed E-state index contributed by atoms with van der Waals surface area (Å²) in [6, 6.07) is 61.7. The van der Waals surface area contributed by atoms with E-state index in [1.54, 1.807) is 0 Å². The van der Waals surface area contributed by atoms with Gasteiger partial charge in [-0.15, -0.1) is 0 Å². The number of hydrogen-bond donors (Lipinski definition) is 0. The van der Waals surface area contributed by atoms with E-state index in [1.807, 2.05) is 36.4 Å². The predicted molar refractivity (Wildman–Crippen MR) is 215 cm³/mol. The number of hydrogen-bond acceptors (Lipinski definition) is 3. The molecule has 3 heterocycles. The molecule has 0 radical (unpaired) electrons. The molecule has 4 heteroatoms. The minimum absolute atomic E-state index is 0.852. The van der Waals surface area contributed by atoms with Gasteiger partial charge in [0.1, 0.15) is 5.58 Å². The molecule has 3 aromatic heterocycles. The first-order valence-electron chi connectivity index (χ1n) is 17.6. The quantitative estimate of drug-likeness (QED) is 0.188. The van der Waals surface area contributed by atoms with Crippen molar-refractivity contribution in [3.63, 3.8) is 0 Å². The van der Waals surface area contributed by atoms with Crippen molar-refractivity contribution in [1.29, 1.82) is 0 Å². The molecule has 0 unspecified atom stereocenters. The lowest BCUT2D eigenvalue weighted by Gasteiger charge is -2.13. The number of rotatable bonds is 4. The first-order chi connectivity index (χ1) is 25.8. The first kappa shape index (κ1) is 28.8. The lowest BCUT2D eigenvalue weighted by molar-refractivity contribution is 0.671. The lowest BCUT2D eigenvalue weighted by atomic mass is 9.99. The van der Waals surface area contributed by atoms with Crippen LogP contribution in [0.15, 0.2) is 180 Å². The molecule has 11 rings (SSSR count). The van der Waals surface area contributed by atoms with E-state index in [9.17, 15) is 0 Å². The second-order valence-corrected chi connectivity index (χ2v) is 13.3. The molecule has 0 amide bonds. The van der Waals surface area contributed by atoms with E-state index in [1.165, 1.54) is 32.7 Å². The standard InChI is InChI=1S/C48H29N3O/c1-2-12-30(13-3-1)31-22-24-32(25-23-31)45-46(50-40-19-9-8-18-39(40)49-45)33-26-28-34(29-27-33)51-41-20-10-6-16-37(41)43-35-14-4-5-15-36(35)44-38-17-7-11-21-42(38)52-48(44)47(43)51/h1-29H. The van der Waals surface area contributed by atoms with Crippen LogP contribution in [-0.4, -0.2) is 14.5 Å². The fraction of sp³-hybridized carbons (Fsp3) is 0. The zero-order chi connectivity index (χ0) is 34.2. The van der Waals surface area contributed by atoms with Gasteiger partial charge in [0.15, 0.2) is 5.58 Å². The average Bonchev–Trinajstić information content (AvgIpc) is 3.78. The molecule has 0 spiro atoms. The van der Waals surface area contributed by atoms with Crippen molar-refractivity contribution in [2.24, 2.45) is 0 Å². The van der Waals surface area contributed by atoms with Crippen LogP contribution in [0.4, 0.5) is 0 Å². The fourth-order valence-electron chi connectivity index (χ4n) is 8.02. The van der Waals surface area contributed by atoms with Gasteiger partial charge in [0.05, 0.1) is 33.5 Å². The van der Waals surface area contributed by atoms with Crippen molar-refractivity contribution < 1.29 is 4.42 Å². The number of furan rings is 1. The van der Waals surface area contributed by atoms with Crippen LogP contribution in [0.25, 0.3) is 105 Å². The van der Waals surface area contributed by atoms with E-state index in [0.29, 0.717) is 0 Å². The van der Waals surface area contributed by atoms with Crippen LogP contribution in [0.2, 0.25) is 0 Å². The highest BCUT2D eigenvalue weighted by atomic mass is 16.3. The van der Waals surface area contributed by atoms with Gasteiger partial charge >= 0.3 is 0 Å². The highest BCUT2D eigenvalue weighted by Crippen LogP contribution is 2.45. The van der Waals surface area contributed by atoms with Crippen LogP contribution < -0.4 is 0 Å². The predicted octanol–water partition coefficient (Wildman–Crippen LogP) is 12.8.